The Bertz CT molecular complexity index is 1040. The largest absolute Gasteiger partial charge is 0.507 e. The number of aromatic nitrogens is 2. The average molecular weight is 418 g/mol. The summed E-state index contributed by atoms with van der Waals surface area (Å²) in [6.45, 7) is 3.49. The molecule has 3 aromatic rings. The minimum Gasteiger partial charge on any atom is -0.507 e. The van der Waals surface area contributed by atoms with Crippen LogP contribution in [-0.4, -0.2) is 50.2 Å². The van der Waals surface area contributed by atoms with E-state index < -0.39 is 17.6 Å². The lowest BCUT2D eigenvalue weighted by Crippen LogP contribution is -2.61. The Kier molecular flexibility index (Phi) is 5.97. The fourth-order valence-corrected chi connectivity index (χ4v) is 4.09. The molecule has 7 heteroatoms. The van der Waals surface area contributed by atoms with Crippen LogP contribution in [0, 0.1) is 6.92 Å². The number of rotatable bonds is 5. The molecule has 0 unspecified atom stereocenters. The molecular formula is C24H26N4O3. The SMILES string of the molecule is Cc1cnc(CN2CC[C@](NC(=O)c3ccccc3O)(c3ccccc3)[C@H](O)C2)cn1. The molecule has 2 atom stereocenters. The molecule has 31 heavy (non-hydrogen) atoms. The molecule has 0 bridgehead atoms. The van der Waals surface area contributed by atoms with Crippen LogP contribution in [-0.2, 0) is 12.1 Å². The van der Waals surface area contributed by atoms with Crippen molar-refractivity contribution in [2.45, 2.75) is 31.5 Å². The number of nitrogens with one attached hydrogen (secondary N) is 1. The fourth-order valence-electron chi connectivity index (χ4n) is 4.09. The summed E-state index contributed by atoms with van der Waals surface area (Å²) in [5.41, 5.74) is 1.75. The van der Waals surface area contributed by atoms with Crippen LogP contribution in [0.15, 0.2) is 67.0 Å². The molecule has 0 aliphatic carbocycles. The first-order valence-electron chi connectivity index (χ1n) is 10.3. The van der Waals surface area contributed by atoms with Gasteiger partial charge in [0, 0.05) is 32.0 Å². The normalized spacial score (nSPS) is 21.5. The van der Waals surface area contributed by atoms with Crippen LogP contribution in [0.3, 0.4) is 0 Å². The van der Waals surface area contributed by atoms with E-state index in [4.69, 9.17) is 0 Å². The molecule has 1 amide bonds. The van der Waals surface area contributed by atoms with Gasteiger partial charge in [-0.15, -0.1) is 0 Å². The zero-order chi connectivity index (χ0) is 21.8. The van der Waals surface area contributed by atoms with Gasteiger partial charge in [-0.05, 0) is 31.0 Å². The number of amides is 1. The van der Waals surface area contributed by atoms with E-state index in [-0.39, 0.29) is 11.3 Å². The Balaban J connectivity index is 1.58. The Morgan fingerprint density at radius 2 is 1.87 bits per heavy atom. The second-order valence-electron chi connectivity index (χ2n) is 7.96. The molecule has 1 aliphatic heterocycles. The van der Waals surface area contributed by atoms with Crippen molar-refractivity contribution in [1.29, 1.82) is 0 Å². The maximum atomic E-state index is 13.0. The van der Waals surface area contributed by atoms with E-state index in [9.17, 15) is 15.0 Å². The van der Waals surface area contributed by atoms with Crippen molar-refractivity contribution < 1.29 is 15.0 Å². The molecule has 1 aliphatic rings. The summed E-state index contributed by atoms with van der Waals surface area (Å²) < 4.78 is 0. The average Bonchev–Trinajstić information content (AvgIpc) is 2.78. The summed E-state index contributed by atoms with van der Waals surface area (Å²) in [5.74, 6) is -0.507. The smallest absolute Gasteiger partial charge is 0.255 e. The maximum absolute atomic E-state index is 13.0. The van der Waals surface area contributed by atoms with Crippen molar-refractivity contribution in [3.05, 3.63) is 89.5 Å². The summed E-state index contributed by atoms with van der Waals surface area (Å²) in [5, 5.41) is 24.4. The highest BCUT2D eigenvalue weighted by molar-refractivity contribution is 5.97. The second-order valence-corrected chi connectivity index (χ2v) is 7.96. The number of aromatic hydroxyl groups is 1. The number of β-amino-alcohol motifs (C(OH)–C–C–N with tert-alkyl or cyclic N) is 1. The molecule has 7 nitrogen and oxygen atoms in total. The van der Waals surface area contributed by atoms with Crippen molar-refractivity contribution in [1.82, 2.24) is 20.2 Å². The monoisotopic (exact) mass is 418 g/mol. The summed E-state index contributed by atoms with van der Waals surface area (Å²) in [6.07, 6.45) is 3.14. The number of hydrogen-bond acceptors (Lipinski definition) is 6. The number of carbonyl (C=O) groups excluding carboxylic acids is 1. The second kappa shape index (κ2) is 8.83. The number of aliphatic hydroxyl groups excluding tert-OH is 1. The van der Waals surface area contributed by atoms with E-state index in [1.54, 1.807) is 30.6 Å². The molecule has 1 saturated heterocycles. The number of nitrogens with zero attached hydrogens (tertiary/aromatic N) is 3. The first kappa shape index (κ1) is 21.0. The fraction of sp³-hybridized carbons (Fsp3) is 0.292. The minimum atomic E-state index is -0.962. The Labute approximate surface area is 181 Å². The van der Waals surface area contributed by atoms with Crippen LogP contribution in [0.5, 0.6) is 5.75 Å². The van der Waals surface area contributed by atoms with E-state index in [0.29, 0.717) is 26.1 Å². The highest BCUT2D eigenvalue weighted by Gasteiger charge is 2.45. The van der Waals surface area contributed by atoms with E-state index in [1.807, 2.05) is 37.3 Å². The molecule has 0 spiro atoms. The summed E-state index contributed by atoms with van der Waals surface area (Å²) in [4.78, 5) is 23.9. The first-order valence-corrected chi connectivity index (χ1v) is 10.3. The number of para-hydroxylation sites is 1. The molecule has 0 saturated carbocycles. The van der Waals surface area contributed by atoms with E-state index in [1.165, 1.54) is 6.07 Å². The molecule has 160 valence electrons. The lowest BCUT2D eigenvalue weighted by Gasteiger charge is -2.46. The van der Waals surface area contributed by atoms with Crippen LogP contribution in [0.1, 0.15) is 33.7 Å². The van der Waals surface area contributed by atoms with Crippen LogP contribution in [0.25, 0.3) is 0 Å². The highest BCUT2D eigenvalue weighted by atomic mass is 16.3. The van der Waals surface area contributed by atoms with Gasteiger partial charge in [-0.2, -0.15) is 0 Å². The quantitative estimate of drug-likeness (QED) is 0.589. The van der Waals surface area contributed by atoms with Crippen LogP contribution < -0.4 is 5.32 Å². The Hall–Kier alpha value is -3.29. The third-order valence-corrected chi connectivity index (χ3v) is 5.82. The van der Waals surface area contributed by atoms with Gasteiger partial charge >= 0.3 is 0 Å². The van der Waals surface area contributed by atoms with Gasteiger partial charge in [-0.25, -0.2) is 0 Å². The molecule has 4 rings (SSSR count). The van der Waals surface area contributed by atoms with Gasteiger partial charge in [0.15, 0.2) is 0 Å². The van der Waals surface area contributed by atoms with Crippen molar-refractivity contribution >= 4 is 5.91 Å². The van der Waals surface area contributed by atoms with Gasteiger partial charge in [0.05, 0.1) is 28.6 Å². The van der Waals surface area contributed by atoms with Crippen molar-refractivity contribution in [3.63, 3.8) is 0 Å². The molecule has 3 N–H and O–H groups in total. The summed E-state index contributed by atoms with van der Waals surface area (Å²) in [7, 11) is 0. The topological polar surface area (TPSA) is 98.6 Å². The van der Waals surface area contributed by atoms with E-state index in [2.05, 4.69) is 20.2 Å². The van der Waals surface area contributed by atoms with Gasteiger partial charge in [0.1, 0.15) is 5.75 Å². The van der Waals surface area contributed by atoms with E-state index >= 15 is 0 Å². The van der Waals surface area contributed by atoms with Crippen molar-refractivity contribution in [2.24, 2.45) is 0 Å². The Morgan fingerprint density at radius 3 is 2.55 bits per heavy atom. The number of phenols is 1. The van der Waals surface area contributed by atoms with Gasteiger partial charge in [-0.3, -0.25) is 19.7 Å². The molecular weight excluding hydrogens is 392 g/mol. The number of aliphatic hydroxyl groups is 1. The predicted octanol–water partition coefficient (Wildman–Crippen LogP) is 2.38. The number of likely N-dealkylation sites (tertiary alicyclic amines) is 1. The number of benzene rings is 2. The van der Waals surface area contributed by atoms with Crippen LogP contribution in [0.4, 0.5) is 0 Å². The lowest BCUT2D eigenvalue weighted by atomic mass is 9.78. The number of aryl methyl sites for hydroxylation is 1. The Morgan fingerprint density at radius 1 is 1.13 bits per heavy atom. The number of carbonyl (C=O) groups is 1. The number of phenolic OH excluding ortho intramolecular Hbond substituents is 1. The highest BCUT2D eigenvalue weighted by Crippen LogP contribution is 2.34. The van der Waals surface area contributed by atoms with Gasteiger partial charge < -0.3 is 15.5 Å². The summed E-state index contributed by atoms with van der Waals surface area (Å²) in [6, 6.07) is 15.9. The molecule has 1 aromatic heterocycles. The molecule has 1 fully saturated rings. The molecule has 2 heterocycles. The minimum absolute atomic E-state index is 0.0897. The standard InChI is InChI=1S/C24H26N4O3/c1-17-13-26-19(14-25-17)15-28-12-11-24(22(30)16-28,18-7-3-2-4-8-18)27-23(31)20-9-5-6-10-21(20)29/h2-10,13-14,22,29-30H,11-12,15-16H2,1H3,(H,27,31)/t22-,24+/m1/s1. The lowest BCUT2D eigenvalue weighted by molar-refractivity contribution is -0.0184. The van der Waals surface area contributed by atoms with Gasteiger partial charge in [0.2, 0.25) is 0 Å². The maximum Gasteiger partial charge on any atom is 0.255 e. The molecule has 2 aromatic carbocycles. The number of piperidine rings is 1. The third kappa shape index (κ3) is 4.42. The van der Waals surface area contributed by atoms with Crippen LogP contribution in [0.2, 0.25) is 0 Å². The number of hydrogen-bond donors (Lipinski definition) is 3. The third-order valence-electron chi connectivity index (χ3n) is 5.82. The van der Waals surface area contributed by atoms with Gasteiger partial charge in [0.25, 0.3) is 5.91 Å². The first-order chi connectivity index (χ1) is 15.0. The zero-order valence-corrected chi connectivity index (χ0v) is 17.4. The van der Waals surface area contributed by atoms with Crippen molar-refractivity contribution in [2.75, 3.05) is 13.1 Å². The summed E-state index contributed by atoms with van der Waals surface area (Å²) >= 11 is 0. The van der Waals surface area contributed by atoms with Gasteiger partial charge in [-0.1, -0.05) is 42.5 Å². The van der Waals surface area contributed by atoms with Crippen LogP contribution >= 0.6 is 0 Å². The van der Waals surface area contributed by atoms with Crippen molar-refractivity contribution in [3.8, 4) is 5.75 Å². The molecule has 0 radical (unpaired) electrons. The zero-order valence-electron chi connectivity index (χ0n) is 17.4. The van der Waals surface area contributed by atoms with E-state index in [0.717, 1.165) is 17.0 Å². The predicted molar refractivity (Wildman–Crippen MR) is 116 cm³/mol.